The Balaban J connectivity index is 2.23. The van der Waals surface area contributed by atoms with Crippen molar-refractivity contribution in [2.75, 3.05) is 7.11 Å². The normalized spacial score (nSPS) is 12.3. The first-order chi connectivity index (χ1) is 9.92. The van der Waals surface area contributed by atoms with Crippen molar-refractivity contribution in [2.24, 2.45) is 5.73 Å². The second-order valence-electron chi connectivity index (χ2n) is 4.57. The molecule has 0 spiro atoms. The van der Waals surface area contributed by atoms with Gasteiger partial charge in [-0.25, -0.2) is 8.78 Å². The zero-order valence-electron chi connectivity index (χ0n) is 11.2. The van der Waals surface area contributed by atoms with Crippen molar-refractivity contribution in [3.05, 3.63) is 62.6 Å². The minimum atomic E-state index is -0.681. The molecule has 0 radical (unpaired) electrons. The Labute approximate surface area is 135 Å². The number of benzene rings is 2. The molecular formula is C15H13BrClF2NO. The summed E-state index contributed by atoms with van der Waals surface area (Å²) in [6, 6.07) is 6.76. The van der Waals surface area contributed by atoms with E-state index in [1.807, 2.05) is 12.1 Å². The van der Waals surface area contributed by atoms with Crippen LogP contribution in [0.5, 0.6) is 5.75 Å². The van der Waals surface area contributed by atoms with Gasteiger partial charge in [0.05, 0.1) is 16.6 Å². The van der Waals surface area contributed by atoms with Crippen molar-refractivity contribution >= 4 is 27.5 Å². The molecule has 2 aromatic rings. The van der Waals surface area contributed by atoms with Gasteiger partial charge in [-0.2, -0.15) is 0 Å². The molecule has 2 N–H and O–H groups in total. The Hall–Kier alpha value is -1.17. The van der Waals surface area contributed by atoms with Gasteiger partial charge in [0.25, 0.3) is 0 Å². The lowest BCUT2D eigenvalue weighted by Crippen LogP contribution is -2.15. The van der Waals surface area contributed by atoms with E-state index in [1.165, 1.54) is 0 Å². The number of hydrogen-bond acceptors (Lipinski definition) is 2. The van der Waals surface area contributed by atoms with Crippen LogP contribution in [0.2, 0.25) is 5.02 Å². The molecule has 112 valence electrons. The van der Waals surface area contributed by atoms with E-state index in [1.54, 1.807) is 13.2 Å². The highest BCUT2D eigenvalue weighted by Crippen LogP contribution is 2.29. The number of ether oxygens (including phenoxy) is 1. The SMILES string of the molecule is COc1ccc(CC(N)c2cc(F)c(Cl)cc2F)cc1Br. The van der Waals surface area contributed by atoms with Gasteiger partial charge in [0.15, 0.2) is 0 Å². The summed E-state index contributed by atoms with van der Waals surface area (Å²) in [5.41, 5.74) is 6.95. The van der Waals surface area contributed by atoms with Crippen molar-refractivity contribution < 1.29 is 13.5 Å². The van der Waals surface area contributed by atoms with Crippen molar-refractivity contribution in [2.45, 2.75) is 12.5 Å². The lowest BCUT2D eigenvalue weighted by atomic mass is 9.99. The maximum atomic E-state index is 13.8. The van der Waals surface area contributed by atoms with Crippen LogP contribution < -0.4 is 10.5 Å². The Bertz CT molecular complexity index is 666. The van der Waals surface area contributed by atoms with Crippen LogP contribution in [0.15, 0.2) is 34.8 Å². The monoisotopic (exact) mass is 375 g/mol. The maximum absolute atomic E-state index is 13.8. The molecule has 0 aliphatic carbocycles. The summed E-state index contributed by atoms with van der Waals surface area (Å²) in [5.74, 6) is -0.600. The summed E-state index contributed by atoms with van der Waals surface area (Å²) in [4.78, 5) is 0. The van der Waals surface area contributed by atoms with E-state index in [9.17, 15) is 8.78 Å². The van der Waals surface area contributed by atoms with E-state index >= 15 is 0 Å². The van der Waals surface area contributed by atoms with Crippen molar-refractivity contribution in [1.82, 2.24) is 0 Å². The first-order valence-corrected chi connectivity index (χ1v) is 7.32. The summed E-state index contributed by atoms with van der Waals surface area (Å²) in [6.45, 7) is 0. The average Bonchev–Trinajstić information content (AvgIpc) is 2.43. The number of halogens is 4. The molecule has 2 rings (SSSR count). The molecular weight excluding hydrogens is 364 g/mol. The molecule has 0 bridgehead atoms. The van der Waals surface area contributed by atoms with Crippen LogP contribution in [0.3, 0.4) is 0 Å². The number of hydrogen-bond donors (Lipinski definition) is 1. The Kier molecular flexibility index (Phi) is 5.19. The molecule has 6 heteroatoms. The zero-order chi connectivity index (χ0) is 15.6. The van der Waals surface area contributed by atoms with Gasteiger partial charge in [0.1, 0.15) is 17.4 Å². The van der Waals surface area contributed by atoms with Crippen LogP contribution in [0.1, 0.15) is 17.2 Å². The minimum Gasteiger partial charge on any atom is -0.496 e. The third-order valence-electron chi connectivity index (χ3n) is 3.11. The summed E-state index contributed by atoms with van der Waals surface area (Å²) >= 11 is 8.90. The number of methoxy groups -OCH3 is 1. The van der Waals surface area contributed by atoms with Crippen LogP contribution in [-0.4, -0.2) is 7.11 Å². The van der Waals surface area contributed by atoms with E-state index in [0.29, 0.717) is 12.2 Å². The Morgan fingerprint density at radius 2 is 1.95 bits per heavy atom. The standard InChI is InChI=1S/C15H13BrClF2NO/c1-21-15-3-2-8(4-10(15)16)5-14(20)9-6-13(19)11(17)7-12(9)18/h2-4,6-7,14H,5,20H2,1H3. The fourth-order valence-corrected chi connectivity index (χ4v) is 2.76. The van der Waals surface area contributed by atoms with Crippen molar-refractivity contribution in [1.29, 1.82) is 0 Å². The molecule has 0 aliphatic rings. The van der Waals surface area contributed by atoms with E-state index in [2.05, 4.69) is 15.9 Å². The molecule has 1 unspecified atom stereocenters. The van der Waals surface area contributed by atoms with Crippen molar-refractivity contribution in [3.8, 4) is 5.75 Å². The molecule has 0 saturated carbocycles. The average molecular weight is 377 g/mol. The minimum absolute atomic E-state index is 0.101. The molecule has 2 aromatic carbocycles. The maximum Gasteiger partial charge on any atom is 0.142 e. The number of nitrogens with two attached hydrogens (primary N) is 1. The number of rotatable bonds is 4. The fraction of sp³-hybridized carbons (Fsp3) is 0.200. The Morgan fingerprint density at radius 3 is 2.57 bits per heavy atom. The molecule has 0 heterocycles. The molecule has 0 aromatic heterocycles. The second-order valence-corrected chi connectivity index (χ2v) is 5.83. The van der Waals surface area contributed by atoms with Gasteiger partial charge in [0, 0.05) is 11.6 Å². The van der Waals surface area contributed by atoms with E-state index in [4.69, 9.17) is 22.1 Å². The highest BCUT2D eigenvalue weighted by Gasteiger charge is 2.16. The van der Waals surface area contributed by atoms with Gasteiger partial charge >= 0.3 is 0 Å². The zero-order valence-corrected chi connectivity index (χ0v) is 13.5. The van der Waals surface area contributed by atoms with Gasteiger partial charge in [-0.05, 0) is 52.2 Å². The van der Waals surface area contributed by atoms with E-state index in [-0.39, 0.29) is 10.6 Å². The second kappa shape index (κ2) is 6.73. The molecule has 0 fully saturated rings. The first-order valence-electron chi connectivity index (χ1n) is 6.14. The molecule has 2 nitrogen and oxygen atoms in total. The highest BCUT2D eigenvalue weighted by molar-refractivity contribution is 9.10. The summed E-state index contributed by atoms with van der Waals surface area (Å²) in [6.07, 6.45) is 0.362. The van der Waals surface area contributed by atoms with Gasteiger partial charge in [-0.15, -0.1) is 0 Å². The van der Waals surface area contributed by atoms with E-state index < -0.39 is 17.7 Å². The third-order valence-corrected chi connectivity index (χ3v) is 4.02. The Morgan fingerprint density at radius 1 is 1.24 bits per heavy atom. The van der Waals surface area contributed by atoms with Crippen LogP contribution >= 0.6 is 27.5 Å². The molecule has 0 saturated heterocycles. The lowest BCUT2D eigenvalue weighted by molar-refractivity contribution is 0.412. The van der Waals surface area contributed by atoms with E-state index in [0.717, 1.165) is 22.2 Å². The van der Waals surface area contributed by atoms with Gasteiger partial charge in [0.2, 0.25) is 0 Å². The predicted octanol–water partition coefficient (Wildman–Crippen LogP) is 4.63. The van der Waals surface area contributed by atoms with Crippen molar-refractivity contribution in [3.63, 3.8) is 0 Å². The van der Waals surface area contributed by atoms with Crippen LogP contribution in [0, 0.1) is 11.6 Å². The van der Waals surface area contributed by atoms with Gasteiger partial charge < -0.3 is 10.5 Å². The summed E-state index contributed by atoms with van der Waals surface area (Å²) in [7, 11) is 1.57. The molecule has 1 atom stereocenters. The van der Waals surface area contributed by atoms with Gasteiger partial charge in [-0.1, -0.05) is 17.7 Å². The summed E-state index contributed by atoms with van der Waals surface area (Å²) < 4.78 is 33.2. The fourth-order valence-electron chi connectivity index (χ4n) is 2.02. The molecule has 0 amide bonds. The topological polar surface area (TPSA) is 35.2 Å². The van der Waals surface area contributed by atoms with Crippen LogP contribution in [0.4, 0.5) is 8.78 Å². The summed E-state index contributed by atoms with van der Waals surface area (Å²) in [5, 5.41) is -0.254. The predicted molar refractivity (Wildman–Crippen MR) is 82.7 cm³/mol. The smallest absolute Gasteiger partial charge is 0.142 e. The largest absolute Gasteiger partial charge is 0.496 e. The van der Waals surface area contributed by atoms with Gasteiger partial charge in [-0.3, -0.25) is 0 Å². The first kappa shape index (κ1) is 16.2. The van der Waals surface area contributed by atoms with Crippen LogP contribution in [0.25, 0.3) is 0 Å². The molecule has 0 aliphatic heterocycles. The van der Waals surface area contributed by atoms with Crippen LogP contribution in [-0.2, 0) is 6.42 Å². The third kappa shape index (κ3) is 3.73. The lowest BCUT2D eigenvalue weighted by Gasteiger charge is -2.14. The quantitative estimate of drug-likeness (QED) is 0.790. The molecule has 21 heavy (non-hydrogen) atoms. The highest BCUT2D eigenvalue weighted by atomic mass is 79.9.